The predicted molar refractivity (Wildman–Crippen MR) is 59.6 cm³/mol. The van der Waals surface area contributed by atoms with Gasteiger partial charge in [-0.15, -0.1) is 0 Å². The van der Waals surface area contributed by atoms with E-state index in [0.717, 1.165) is 19.4 Å². The summed E-state index contributed by atoms with van der Waals surface area (Å²) < 4.78 is 22.0. The van der Waals surface area contributed by atoms with E-state index in [1.165, 1.54) is 6.26 Å². The second kappa shape index (κ2) is 5.07. The van der Waals surface area contributed by atoms with Crippen molar-refractivity contribution in [2.24, 2.45) is 0 Å². The van der Waals surface area contributed by atoms with Gasteiger partial charge in [0.15, 0.2) is 0 Å². The van der Waals surface area contributed by atoms with Gasteiger partial charge in [0, 0.05) is 25.3 Å². The fourth-order valence-corrected chi connectivity index (χ4v) is 2.60. The van der Waals surface area contributed by atoms with Crippen LogP contribution in [0.15, 0.2) is 0 Å². The average Bonchev–Trinajstić information content (AvgIpc) is 2.46. The van der Waals surface area contributed by atoms with Crippen molar-refractivity contribution in [2.75, 3.05) is 25.1 Å². The predicted octanol–water partition coefficient (Wildman–Crippen LogP) is 0.475. The maximum Gasteiger partial charge on any atom is 0.148 e. The van der Waals surface area contributed by atoms with Crippen molar-refractivity contribution in [3.63, 3.8) is 0 Å². The molecule has 1 aliphatic heterocycles. The lowest BCUT2D eigenvalue weighted by Gasteiger charge is -2.22. The van der Waals surface area contributed by atoms with Crippen LogP contribution in [0.1, 0.15) is 26.2 Å². The smallest absolute Gasteiger partial charge is 0.148 e. The summed E-state index contributed by atoms with van der Waals surface area (Å²) in [6.45, 7) is 3.08. The van der Waals surface area contributed by atoms with E-state index in [0.29, 0.717) is 13.0 Å². The number of nitrogens with zero attached hydrogens (tertiary/aromatic N) is 1. The van der Waals surface area contributed by atoms with Gasteiger partial charge in [0.05, 0.1) is 5.75 Å². The van der Waals surface area contributed by atoms with Crippen LogP contribution >= 0.6 is 0 Å². The van der Waals surface area contributed by atoms with Gasteiger partial charge >= 0.3 is 0 Å². The van der Waals surface area contributed by atoms with Crippen molar-refractivity contribution >= 4 is 15.6 Å². The van der Waals surface area contributed by atoms with Crippen LogP contribution in [-0.2, 0) is 14.6 Å². The lowest BCUT2D eigenvalue weighted by Crippen LogP contribution is -2.34. The second-order valence-electron chi connectivity index (χ2n) is 4.37. The Balaban J connectivity index is 2.43. The first-order valence-electron chi connectivity index (χ1n) is 5.30. The van der Waals surface area contributed by atoms with Crippen LogP contribution < -0.4 is 0 Å². The van der Waals surface area contributed by atoms with Crippen molar-refractivity contribution < 1.29 is 13.2 Å². The molecular formula is C10H19NO3S. The monoisotopic (exact) mass is 233 g/mol. The molecule has 1 aliphatic rings. The third kappa shape index (κ3) is 4.75. The van der Waals surface area contributed by atoms with Crippen LogP contribution in [0, 0.1) is 0 Å². The van der Waals surface area contributed by atoms with Crippen LogP contribution in [0.5, 0.6) is 0 Å². The number of hydrogen-bond acceptors (Lipinski definition) is 4. The lowest BCUT2D eigenvalue weighted by molar-refractivity contribution is -0.118. The molecule has 5 heteroatoms. The number of likely N-dealkylation sites (tertiary alicyclic amines) is 1. The van der Waals surface area contributed by atoms with Crippen molar-refractivity contribution in [2.45, 2.75) is 32.2 Å². The molecule has 0 aromatic rings. The Hall–Kier alpha value is -0.420. The van der Waals surface area contributed by atoms with Gasteiger partial charge in [-0.05, 0) is 26.3 Å². The summed E-state index contributed by atoms with van der Waals surface area (Å²) in [4.78, 5) is 13.1. The Kier molecular flexibility index (Phi) is 4.28. The number of ketones is 1. The van der Waals surface area contributed by atoms with E-state index < -0.39 is 9.84 Å². The molecule has 88 valence electrons. The summed E-state index contributed by atoms with van der Waals surface area (Å²) in [6.07, 6.45) is 3.90. The maximum absolute atomic E-state index is 11.0. The summed E-state index contributed by atoms with van der Waals surface area (Å²) in [5.41, 5.74) is 0. The van der Waals surface area contributed by atoms with Gasteiger partial charge in [0.2, 0.25) is 0 Å². The van der Waals surface area contributed by atoms with Crippen molar-refractivity contribution in [3.8, 4) is 0 Å². The minimum Gasteiger partial charge on any atom is -0.300 e. The number of sulfone groups is 1. The first kappa shape index (κ1) is 12.6. The molecule has 0 radical (unpaired) electrons. The molecule has 0 aliphatic carbocycles. The number of carbonyl (C=O) groups excluding carboxylic acids is 1. The van der Waals surface area contributed by atoms with Crippen LogP contribution in [0.2, 0.25) is 0 Å². The zero-order valence-electron chi connectivity index (χ0n) is 9.40. The van der Waals surface area contributed by atoms with Gasteiger partial charge in [0.25, 0.3) is 0 Å². The summed E-state index contributed by atoms with van der Waals surface area (Å²) in [6, 6.07) is 0.268. The van der Waals surface area contributed by atoms with E-state index in [9.17, 15) is 13.2 Å². The van der Waals surface area contributed by atoms with Crippen molar-refractivity contribution in [1.29, 1.82) is 0 Å². The summed E-state index contributed by atoms with van der Waals surface area (Å²) in [5, 5.41) is 0. The Morgan fingerprint density at radius 1 is 1.47 bits per heavy atom. The number of rotatable bonds is 5. The molecule has 1 saturated heterocycles. The summed E-state index contributed by atoms with van der Waals surface area (Å²) >= 11 is 0. The third-order valence-electron chi connectivity index (χ3n) is 2.77. The van der Waals surface area contributed by atoms with Gasteiger partial charge in [-0.1, -0.05) is 0 Å². The first-order chi connectivity index (χ1) is 6.88. The maximum atomic E-state index is 11.0. The van der Waals surface area contributed by atoms with Gasteiger partial charge in [-0.25, -0.2) is 8.42 Å². The largest absolute Gasteiger partial charge is 0.300 e. The third-order valence-corrected chi connectivity index (χ3v) is 3.70. The molecular weight excluding hydrogens is 214 g/mol. The standard InChI is InChI=1S/C10H19NO3S/c1-9(12)8-10-4-3-5-11(10)6-7-15(2,13)14/h10H,3-8H2,1-2H3. The average molecular weight is 233 g/mol. The van der Waals surface area contributed by atoms with Gasteiger partial charge in [0.1, 0.15) is 15.6 Å². The minimum atomic E-state index is -2.89. The van der Waals surface area contributed by atoms with Gasteiger partial charge in [-0.3, -0.25) is 9.69 Å². The van der Waals surface area contributed by atoms with Crippen LogP contribution in [0.4, 0.5) is 0 Å². The molecule has 0 aromatic heterocycles. The Morgan fingerprint density at radius 2 is 2.13 bits per heavy atom. The molecule has 0 bridgehead atoms. The van der Waals surface area contributed by atoms with Crippen molar-refractivity contribution in [1.82, 2.24) is 4.90 Å². The van der Waals surface area contributed by atoms with E-state index in [1.807, 2.05) is 0 Å². The molecule has 0 N–H and O–H groups in total. The number of carbonyl (C=O) groups is 1. The fraction of sp³-hybridized carbons (Fsp3) is 0.900. The number of hydrogen-bond donors (Lipinski definition) is 0. The molecule has 4 nitrogen and oxygen atoms in total. The molecule has 0 saturated carbocycles. The van der Waals surface area contributed by atoms with Crippen LogP contribution in [0.25, 0.3) is 0 Å². The van der Waals surface area contributed by atoms with E-state index in [4.69, 9.17) is 0 Å². The lowest BCUT2D eigenvalue weighted by atomic mass is 10.1. The highest BCUT2D eigenvalue weighted by Crippen LogP contribution is 2.19. The van der Waals surface area contributed by atoms with Gasteiger partial charge in [-0.2, -0.15) is 0 Å². The zero-order chi connectivity index (χ0) is 11.5. The quantitative estimate of drug-likeness (QED) is 0.693. The van der Waals surface area contributed by atoms with E-state index in [-0.39, 0.29) is 17.6 Å². The van der Waals surface area contributed by atoms with Crippen LogP contribution in [-0.4, -0.2) is 50.2 Å². The molecule has 1 atom stereocenters. The highest BCUT2D eigenvalue weighted by molar-refractivity contribution is 7.90. The Morgan fingerprint density at radius 3 is 2.67 bits per heavy atom. The first-order valence-corrected chi connectivity index (χ1v) is 7.36. The van der Waals surface area contributed by atoms with E-state index in [1.54, 1.807) is 6.92 Å². The number of Topliss-reactive ketones (excluding diaryl/α,β-unsaturated/α-hetero) is 1. The fourth-order valence-electron chi connectivity index (χ4n) is 2.04. The molecule has 0 spiro atoms. The highest BCUT2D eigenvalue weighted by Gasteiger charge is 2.25. The van der Waals surface area contributed by atoms with E-state index >= 15 is 0 Å². The summed E-state index contributed by atoms with van der Waals surface area (Å²) in [5.74, 6) is 0.382. The molecule has 1 fully saturated rings. The molecule has 0 amide bonds. The minimum absolute atomic E-state index is 0.186. The normalized spacial score (nSPS) is 23.2. The summed E-state index contributed by atoms with van der Waals surface area (Å²) in [7, 11) is -2.89. The second-order valence-corrected chi connectivity index (χ2v) is 6.63. The molecule has 1 unspecified atom stereocenters. The molecule has 1 heterocycles. The Bertz CT molecular complexity index is 324. The zero-order valence-corrected chi connectivity index (χ0v) is 10.2. The Labute approximate surface area is 91.6 Å². The topological polar surface area (TPSA) is 54.5 Å². The SMILES string of the molecule is CC(=O)CC1CCCN1CCS(C)(=O)=O. The van der Waals surface area contributed by atoms with Crippen LogP contribution in [0.3, 0.4) is 0 Å². The van der Waals surface area contributed by atoms with Gasteiger partial charge < -0.3 is 0 Å². The van der Waals surface area contributed by atoms with E-state index in [2.05, 4.69) is 4.90 Å². The molecule has 0 aromatic carbocycles. The molecule has 15 heavy (non-hydrogen) atoms. The highest BCUT2D eigenvalue weighted by atomic mass is 32.2. The molecule has 1 rings (SSSR count). The van der Waals surface area contributed by atoms with Crippen molar-refractivity contribution in [3.05, 3.63) is 0 Å².